The number of H-pyrrole nitrogens is 1. The summed E-state index contributed by atoms with van der Waals surface area (Å²) in [6, 6.07) is 31.8. The van der Waals surface area contributed by atoms with Crippen LogP contribution in [-0.4, -0.2) is 30.8 Å². The van der Waals surface area contributed by atoms with E-state index in [0.29, 0.717) is 19.6 Å². The summed E-state index contributed by atoms with van der Waals surface area (Å²) in [6.45, 7) is 9.61. The molecule has 1 aliphatic heterocycles. The Hall–Kier alpha value is -3.27. The Balaban J connectivity index is 0.00000194. The number of aromatic amines is 1. The molecule has 206 valence electrons. The molecule has 0 amide bonds. The van der Waals surface area contributed by atoms with Crippen LogP contribution in [0.15, 0.2) is 103 Å². The number of hydrogen-bond donors (Lipinski definition) is 1. The molecule has 1 atom stereocenters. The Bertz CT molecular complexity index is 1710. The fraction of sp³-hybridized carbons (Fsp3) is 0.147. The van der Waals surface area contributed by atoms with Crippen LogP contribution in [0, 0.1) is 21.3 Å². The molecule has 0 unspecified atom stereocenters. The molecule has 0 spiro atoms. The smallest absolute Gasteiger partial charge is 0.432 e. The van der Waals surface area contributed by atoms with E-state index in [-0.39, 0.29) is 32.0 Å². The Morgan fingerprint density at radius 1 is 0.829 bits per heavy atom. The predicted molar refractivity (Wildman–Crippen MR) is 166 cm³/mol. The van der Waals surface area contributed by atoms with Crippen molar-refractivity contribution in [3.8, 4) is 11.1 Å². The van der Waals surface area contributed by atoms with Gasteiger partial charge in [-0.3, -0.25) is 0 Å². The molecule has 0 radical (unpaired) electrons. The quantitative estimate of drug-likeness (QED) is 0.231. The molecule has 7 heteroatoms. The van der Waals surface area contributed by atoms with E-state index in [9.17, 15) is 8.42 Å². The Kier molecular flexibility index (Phi) is 9.51. The van der Waals surface area contributed by atoms with E-state index >= 15 is 0 Å². The first-order chi connectivity index (χ1) is 19.0. The van der Waals surface area contributed by atoms with Gasteiger partial charge in [0.2, 0.25) is 10.0 Å². The van der Waals surface area contributed by atoms with Crippen LogP contribution in [-0.2, 0) is 22.3 Å². The maximum absolute atomic E-state index is 13.9. The Morgan fingerprint density at radius 3 is 2.20 bits per heavy atom. The van der Waals surface area contributed by atoms with Crippen LogP contribution in [0.4, 0.5) is 5.69 Å². The summed E-state index contributed by atoms with van der Waals surface area (Å²) < 4.78 is 29.5. The number of nitrogens with zero attached hydrogens (tertiary/aromatic N) is 2. The molecule has 2 heterocycles. The molecule has 1 N–H and O–H groups in total. The largest absolute Gasteiger partial charge is 1.00 e. The van der Waals surface area contributed by atoms with Crippen LogP contribution >= 0.6 is 0 Å². The molecule has 4 aromatic carbocycles. The van der Waals surface area contributed by atoms with Gasteiger partial charge in [-0.15, -0.1) is 13.1 Å². The number of fused-ring (bicyclic) bond motifs is 2. The molecule has 0 saturated carbocycles. The predicted octanol–water partition coefficient (Wildman–Crippen LogP) is 4.20. The maximum Gasteiger partial charge on any atom is 1.00 e. The van der Waals surface area contributed by atoms with Crippen molar-refractivity contribution in [3.63, 3.8) is 0 Å². The van der Waals surface area contributed by atoms with Gasteiger partial charge in [-0.2, -0.15) is 4.31 Å². The van der Waals surface area contributed by atoms with E-state index < -0.39 is 16.1 Å². The fourth-order valence-electron chi connectivity index (χ4n) is 5.61. The third-order valence-corrected chi connectivity index (χ3v) is 9.38. The second-order valence-electron chi connectivity index (χ2n) is 9.93. The maximum atomic E-state index is 13.9. The summed E-state index contributed by atoms with van der Waals surface area (Å²) >= 11 is 0. The third kappa shape index (κ3) is 5.89. The molecule has 0 fully saturated rings. The van der Waals surface area contributed by atoms with E-state index in [2.05, 4.69) is 72.3 Å². The van der Waals surface area contributed by atoms with Crippen molar-refractivity contribution in [3.05, 3.63) is 147 Å². The summed E-state index contributed by atoms with van der Waals surface area (Å²) in [5.41, 5.74) is 8.04. The molecule has 5 nitrogen and oxygen atoms in total. The summed E-state index contributed by atoms with van der Waals surface area (Å²) in [6.07, 6.45) is 1.96. The number of rotatable bonds is 8. The van der Waals surface area contributed by atoms with Gasteiger partial charge >= 0.3 is 18.9 Å². The zero-order chi connectivity index (χ0) is 27.0. The molecule has 0 aliphatic carbocycles. The minimum absolute atomic E-state index is 0. The van der Waals surface area contributed by atoms with Gasteiger partial charge in [-0.05, 0) is 52.1 Å². The second kappa shape index (κ2) is 12.7. The molecule has 1 aromatic heterocycles. The molecule has 1 aliphatic rings. The van der Waals surface area contributed by atoms with Gasteiger partial charge in [-0.1, -0.05) is 72.8 Å². The number of aromatic nitrogens is 1. The average Bonchev–Trinajstić information content (AvgIpc) is 3.56. The summed E-state index contributed by atoms with van der Waals surface area (Å²) in [5.74, 6) is -0.0376. The Labute approximate surface area is 256 Å². The summed E-state index contributed by atoms with van der Waals surface area (Å²) in [5, 5.41) is 1.04. The minimum atomic E-state index is -3.62. The van der Waals surface area contributed by atoms with Gasteiger partial charge in [-0.25, -0.2) is 8.42 Å². The number of benzene rings is 4. The van der Waals surface area contributed by atoms with E-state index in [1.54, 1.807) is 4.31 Å². The number of nitrogens with one attached hydrogen (secondary N) is 1. The van der Waals surface area contributed by atoms with Gasteiger partial charge in [0.05, 0.1) is 11.8 Å². The standard InChI is InChI=1S/C33H31N3O2S.CH3.Li/c1-3-35(4-2)28-17-14-25(15-18-28)26-16-19-29-27(20-26)22-36(39(37,38)23-24-10-6-5-7-11-24)33(29)31-21-34-32-13-9-8-12-30(31)32;;/h5-21,33-34H,1-4,22-23H2;1H3;/q-2;-1;+1/t33-;;/m1../s1. The van der Waals surface area contributed by atoms with Crippen LogP contribution in [0.5, 0.6) is 0 Å². The van der Waals surface area contributed by atoms with E-state index in [1.807, 2.05) is 54.7 Å². The Morgan fingerprint density at radius 2 is 1.49 bits per heavy atom. The third-order valence-electron chi connectivity index (χ3n) is 7.62. The van der Waals surface area contributed by atoms with Crippen molar-refractivity contribution >= 4 is 26.6 Å². The van der Waals surface area contributed by atoms with E-state index in [1.165, 1.54) is 0 Å². The normalized spacial score (nSPS) is 14.7. The molecular formula is C34H34LiN3O2S-2. The molecule has 41 heavy (non-hydrogen) atoms. The van der Waals surface area contributed by atoms with Crippen LogP contribution in [0.3, 0.4) is 0 Å². The topological polar surface area (TPSA) is 56.4 Å². The SMILES string of the molecule is [CH2-]CN(C[CH2-])c1ccc(-c2ccc3c(c2)CN(S(=O)(=O)Cc2ccccc2)[C@H]3c2c[nH]c3ccccc23)cc1.[CH3-].[Li+]. The zero-order valence-corrected chi connectivity index (χ0v) is 24.6. The van der Waals surface area contributed by atoms with Crippen molar-refractivity contribution < 1.29 is 27.3 Å². The molecule has 0 bridgehead atoms. The van der Waals surface area contributed by atoms with Crippen LogP contribution in [0.2, 0.25) is 0 Å². The van der Waals surface area contributed by atoms with Gasteiger partial charge in [0.25, 0.3) is 0 Å². The summed E-state index contributed by atoms with van der Waals surface area (Å²) in [4.78, 5) is 5.45. The van der Waals surface area contributed by atoms with E-state index in [0.717, 1.165) is 50.0 Å². The number of hydrogen-bond acceptors (Lipinski definition) is 3. The first-order valence-electron chi connectivity index (χ1n) is 13.1. The zero-order valence-electron chi connectivity index (χ0n) is 23.8. The van der Waals surface area contributed by atoms with Gasteiger partial charge in [0, 0.05) is 34.9 Å². The van der Waals surface area contributed by atoms with Crippen LogP contribution in [0.25, 0.3) is 22.0 Å². The molecule has 6 rings (SSSR count). The van der Waals surface area contributed by atoms with Crippen molar-refractivity contribution in [2.24, 2.45) is 0 Å². The van der Waals surface area contributed by atoms with Gasteiger partial charge in [0.1, 0.15) is 0 Å². The van der Waals surface area contributed by atoms with Crippen molar-refractivity contribution in [2.75, 3.05) is 18.0 Å². The number of sulfonamides is 1. The minimum Gasteiger partial charge on any atom is -0.432 e. The number of para-hydroxylation sites is 1. The average molecular weight is 556 g/mol. The number of anilines is 1. The van der Waals surface area contributed by atoms with Crippen molar-refractivity contribution in [2.45, 2.75) is 18.3 Å². The molecule has 5 aromatic rings. The summed E-state index contributed by atoms with van der Waals surface area (Å²) in [7, 11) is -3.62. The fourth-order valence-corrected chi connectivity index (χ4v) is 7.27. The molecular weight excluding hydrogens is 521 g/mol. The van der Waals surface area contributed by atoms with Gasteiger partial charge in [0.15, 0.2) is 0 Å². The van der Waals surface area contributed by atoms with Crippen molar-refractivity contribution in [1.29, 1.82) is 0 Å². The molecule has 0 saturated heterocycles. The second-order valence-corrected chi connectivity index (χ2v) is 11.8. The first kappa shape index (κ1) is 30.7. The van der Waals surface area contributed by atoms with Gasteiger partial charge < -0.3 is 31.2 Å². The van der Waals surface area contributed by atoms with Crippen LogP contribution < -0.4 is 23.8 Å². The monoisotopic (exact) mass is 555 g/mol. The first-order valence-corrected chi connectivity index (χ1v) is 14.8. The van der Waals surface area contributed by atoms with E-state index in [4.69, 9.17) is 0 Å². The van der Waals surface area contributed by atoms with Crippen LogP contribution in [0.1, 0.15) is 28.3 Å². The van der Waals surface area contributed by atoms with Crippen molar-refractivity contribution in [1.82, 2.24) is 9.29 Å².